The molecular formula is C12H16ClF3N2O. The molecule has 0 heterocycles. The Morgan fingerprint density at radius 1 is 1.32 bits per heavy atom. The number of rotatable bonds is 4. The first-order chi connectivity index (χ1) is 8.36. The van der Waals surface area contributed by atoms with Crippen LogP contribution in [-0.2, 0) is 17.5 Å². The number of nitrogens with one attached hydrogen (secondary N) is 1. The molecule has 1 aromatic carbocycles. The maximum Gasteiger partial charge on any atom is 0.416 e. The largest absolute Gasteiger partial charge is 0.416 e. The molecule has 1 N–H and O–H groups in total. The molecule has 0 radical (unpaired) electrons. The minimum atomic E-state index is -4.40. The molecule has 0 spiro atoms. The van der Waals surface area contributed by atoms with Crippen molar-refractivity contribution in [3.8, 4) is 0 Å². The average Bonchev–Trinajstić information content (AvgIpc) is 2.28. The van der Waals surface area contributed by atoms with Crippen LogP contribution in [0, 0.1) is 0 Å². The van der Waals surface area contributed by atoms with E-state index in [0.717, 1.165) is 6.07 Å². The summed E-state index contributed by atoms with van der Waals surface area (Å²) in [5, 5.41) is 2.67. The summed E-state index contributed by atoms with van der Waals surface area (Å²) >= 11 is 0. The summed E-state index contributed by atoms with van der Waals surface area (Å²) in [5.74, 6) is -0.255. The van der Waals surface area contributed by atoms with E-state index in [2.05, 4.69) is 5.32 Å². The third-order valence-electron chi connectivity index (χ3n) is 2.48. The highest BCUT2D eigenvalue weighted by molar-refractivity contribution is 5.85. The minimum absolute atomic E-state index is 0. The second kappa shape index (κ2) is 7.35. The van der Waals surface area contributed by atoms with Crippen LogP contribution in [0.1, 0.15) is 11.1 Å². The van der Waals surface area contributed by atoms with Crippen molar-refractivity contribution in [1.82, 2.24) is 10.2 Å². The van der Waals surface area contributed by atoms with E-state index in [1.165, 1.54) is 30.1 Å². The number of halogens is 4. The quantitative estimate of drug-likeness (QED) is 0.925. The second-order valence-corrected chi connectivity index (χ2v) is 3.94. The smallest absolute Gasteiger partial charge is 0.340 e. The minimum Gasteiger partial charge on any atom is -0.340 e. The molecule has 1 aromatic rings. The van der Waals surface area contributed by atoms with Gasteiger partial charge in [-0.05, 0) is 18.7 Å². The maximum atomic E-state index is 12.7. The second-order valence-electron chi connectivity index (χ2n) is 3.94. The lowest BCUT2D eigenvalue weighted by molar-refractivity contribution is -0.139. The number of hydrogen-bond donors (Lipinski definition) is 1. The Labute approximate surface area is 116 Å². The molecule has 19 heavy (non-hydrogen) atoms. The molecule has 0 fully saturated rings. The van der Waals surface area contributed by atoms with Gasteiger partial charge in [0.05, 0.1) is 12.1 Å². The van der Waals surface area contributed by atoms with Gasteiger partial charge in [0.25, 0.3) is 0 Å². The molecule has 0 saturated heterocycles. The summed E-state index contributed by atoms with van der Waals surface area (Å²) in [6, 6.07) is 5.26. The number of carbonyl (C=O) groups excluding carboxylic acids is 1. The molecule has 108 valence electrons. The van der Waals surface area contributed by atoms with Gasteiger partial charge in [-0.25, -0.2) is 0 Å². The van der Waals surface area contributed by atoms with Gasteiger partial charge in [0.15, 0.2) is 0 Å². The fourth-order valence-electron chi connectivity index (χ4n) is 1.56. The molecule has 0 saturated carbocycles. The summed E-state index contributed by atoms with van der Waals surface area (Å²) < 4.78 is 38.2. The SMILES string of the molecule is CNCC(=O)N(C)Cc1ccccc1C(F)(F)F.Cl. The van der Waals surface area contributed by atoms with Gasteiger partial charge in [-0.2, -0.15) is 13.2 Å². The predicted molar refractivity (Wildman–Crippen MR) is 69.1 cm³/mol. The Morgan fingerprint density at radius 3 is 2.42 bits per heavy atom. The van der Waals surface area contributed by atoms with Crippen LogP contribution in [0.3, 0.4) is 0 Å². The summed E-state index contributed by atoms with van der Waals surface area (Å²) in [6.45, 7) is 0.0425. The molecule has 3 nitrogen and oxygen atoms in total. The van der Waals surface area contributed by atoms with Gasteiger partial charge >= 0.3 is 6.18 Å². The first-order valence-electron chi connectivity index (χ1n) is 5.40. The van der Waals surface area contributed by atoms with Crippen molar-refractivity contribution in [2.24, 2.45) is 0 Å². The van der Waals surface area contributed by atoms with Crippen molar-refractivity contribution in [1.29, 1.82) is 0 Å². The lowest BCUT2D eigenvalue weighted by atomic mass is 10.1. The van der Waals surface area contributed by atoms with E-state index in [1.807, 2.05) is 0 Å². The first-order valence-corrected chi connectivity index (χ1v) is 5.40. The highest BCUT2D eigenvalue weighted by atomic mass is 35.5. The van der Waals surface area contributed by atoms with E-state index in [-0.39, 0.29) is 37.0 Å². The zero-order valence-corrected chi connectivity index (χ0v) is 11.4. The molecular weight excluding hydrogens is 281 g/mol. The third-order valence-corrected chi connectivity index (χ3v) is 2.48. The van der Waals surface area contributed by atoms with Gasteiger partial charge in [-0.3, -0.25) is 4.79 Å². The van der Waals surface area contributed by atoms with Crippen LogP contribution < -0.4 is 5.32 Å². The van der Waals surface area contributed by atoms with Crippen molar-refractivity contribution in [3.63, 3.8) is 0 Å². The normalized spacial score (nSPS) is 10.8. The lowest BCUT2D eigenvalue weighted by Gasteiger charge is -2.20. The highest BCUT2D eigenvalue weighted by Gasteiger charge is 2.33. The standard InChI is InChI=1S/C12H15F3N2O.ClH/c1-16-7-11(18)17(2)8-9-5-3-4-6-10(9)12(13,14)15;/h3-6,16H,7-8H2,1-2H3;1H. The van der Waals surface area contributed by atoms with E-state index in [4.69, 9.17) is 0 Å². The first kappa shape index (κ1) is 17.7. The maximum absolute atomic E-state index is 12.7. The monoisotopic (exact) mass is 296 g/mol. The zero-order chi connectivity index (χ0) is 13.8. The van der Waals surface area contributed by atoms with Crippen LogP contribution in [0.5, 0.6) is 0 Å². The van der Waals surface area contributed by atoms with Gasteiger partial charge in [0.1, 0.15) is 0 Å². The number of nitrogens with zero attached hydrogens (tertiary/aromatic N) is 1. The van der Waals surface area contributed by atoms with E-state index < -0.39 is 11.7 Å². The molecule has 1 amide bonds. The van der Waals surface area contributed by atoms with Gasteiger partial charge in [-0.1, -0.05) is 18.2 Å². The highest BCUT2D eigenvalue weighted by Crippen LogP contribution is 2.32. The van der Waals surface area contributed by atoms with E-state index in [9.17, 15) is 18.0 Å². The number of alkyl halides is 3. The number of amides is 1. The van der Waals surface area contributed by atoms with Crippen molar-refractivity contribution >= 4 is 18.3 Å². The Bertz CT molecular complexity index is 424. The van der Waals surface area contributed by atoms with Gasteiger partial charge < -0.3 is 10.2 Å². The fourth-order valence-corrected chi connectivity index (χ4v) is 1.56. The third kappa shape index (κ3) is 5.08. The molecule has 0 aliphatic rings. The van der Waals surface area contributed by atoms with E-state index in [1.54, 1.807) is 7.05 Å². The Morgan fingerprint density at radius 2 is 1.89 bits per heavy atom. The summed E-state index contributed by atoms with van der Waals surface area (Å²) in [7, 11) is 3.09. The van der Waals surface area contributed by atoms with E-state index >= 15 is 0 Å². The van der Waals surface area contributed by atoms with Crippen LogP contribution in [0.4, 0.5) is 13.2 Å². The van der Waals surface area contributed by atoms with E-state index in [0.29, 0.717) is 0 Å². The molecule has 0 atom stereocenters. The van der Waals surface area contributed by atoms with Crippen LogP contribution >= 0.6 is 12.4 Å². The summed E-state index contributed by atoms with van der Waals surface area (Å²) in [6.07, 6.45) is -4.40. The molecule has 1 rings (SSSR count). The predicted octanol–water partition coefficient (Wildman–Crippen LogP) is 2.31. The number of carbonyl (C=O) groups is 1. The van der Waals surface area contributed by atoms with Crippen LogP contribution in [0.15, 0.2) is 24.3 Å². The van der Waals surface area contributed by atoms with Gasteiger partial charge in [0.2, 0.25) is 5.91 Å². The topological polar surface area (TPSA) is 32.3 Å². The molecule has 0 aliphatic heterocycles. The molecule has 0 unspecified atom stereocenters. The van der Waals surface area contributed by atoms with Crippen LogP contribution in [-0.4, -0.2) is 31.4 Å². The van der Waals surface area contributed by atoms with Crippen molar-refractivity contribution in [2.75, 3.05) is 20.6 Å². The summed E-state index contributed by atoms with van der Waals surface area (Å²) in [4.78, 5) is 12.8. The molecule has 7 heteroatoms. The van der Waals surface area contributed by atoms with Gasteiger partial charge in [-0.15, -0.1) is 12.4 Å². The van der Waals surface area contributed by atoms with Gasteiger partial charge in [0, 0.05) is 13.6 Å². The number of hydrogen-bond acceptors (Lipinski definition) is 2. The Balaban J connectivity index is 0.00000324. The fraction of sp³-hybridized carbons (Fsp3) is 0.417. The number of benzene rings is 1. The zero-order valence-electron chi connectivity index (χ0n) is 10.6. The van der Waals surface area contributed by atoms with Crippen molar-refractivity contribution < 1.29 is 18.0 Å². The lowest BCUT2D eigenvalue weighted by Crippen LogP contribution is -2.34. The molecule has 0 aliphatic carbocycles. The Kier molecular flexibility index (Phi) is 6.86. The Hall–Kier alpha value is -1.27. The molecule has 0 aromatic heterocycles. The number of likely N-dealkylation sites (N-methyl/N-ethyl adjacent to an activating group) is 2. The summed E-state index contributed by atoms with van der Waals surface area (Å²) in [5.41, 5.74) is -0.605. The van der Waals surface area contributed by atoms with Crippen molar-refractivity contribution in [2.45, 2.75) is 12.7 Å². The van der Waals surface area contributed by atoms with Crippen LogP contribution in [0.2, 0.25) is 0 Å². The molecule has 0 bridgehead atoms. The van der Waals surface area contributed by atoms with Crippen LogP contribution in [0.25, 0.3) is 0 Å². The van der Waals surface area contributed by atoms with Crippen molar-refractivity contribution in [3.05, 3.63) is 35.4 Å². The average molecular weight is 297 g/mol.